The highest BCUT2D eigenvalue weighted by Gasteiger charge is 2.10. The highest BCUT2D eigenvalue weighted by atomic mass is 16.5. The topological polar surface area (TPSA) is 68.9 Å². The molecule has 0 unspecified atom stereocenters. The maximum absolute atomic E-state index is 11.0. The zero-order valence-corrected chi connectivity index (χ0v) is 11.9. The normalized spacial score (nSPS) is 10.6. The van der Waals surface area contributed by atoms with Gasteiger partial charge in [0, 0.05) is 5.39 Å². The SMILES string of the molecule is COc1ccccc1OCc1cc2ccc(C(=O)O)cc2o1. The molecule has 5 heteroatoms. The van der Waals surface area contributed by atoms with Crippen molar-refractivity contribution in [3.63, 3.8) is 0 Å². The lowest BCUT2D eigenvalue weighted by molar-refractivity contribution is 0.0697. The molecule has 22 heavy (non-hydrogen) atoms. The molecule has 0 bridgehead atoms. The van der Waals surface area contributed by atoms with Crippen LogP contribution < -0.4 is 9.47 Å². The molecule has 0 spiro atoms. The summed E-state index contributed by atoms with van der Waals surface area (Å²) >= 11 is 0. The summed E-state index contributed by atoms with van der Waals surface area (Å²) in [7, 11) is 1.58. The van der Waals surface area contributed by atoms with Crippen LogP contribution >= 0.6 is 0 Å². The van der Waals surface area contributed by atoms with Crippen molar-refractivity contribution in [1.29, 1.82) is 0 Å². The highest BCUT2D eigenvalue weighted by molar-refractivity contribution is 5.92. The molecule has 1 aromatic heterocycles. The fraction of sp³-hybridized carbons (Fsp3) is 0.118. The van der Waals surface area contributed by atoms with Crippen molar-refractivity contribution >= 4 is 16.9 Å². The number of benzene rings is 2. The number of para-hydroxylation sites is 2. The molecule has 112 valence electrons. The van der Waals surface area contributed by atoms with Gasteiger partial charge in [-0.25, -0.2) is 4.79 Å². The summed E-state index contributed by atoms with van der Waals surface area (Å²) in [5.41, 5.74) is 0.720. The number of rotatable bonds is 5. The molecule has 5 nitrogen and oxygen atoms in total. The van der Waals surface area contributed by atoms with Gasteiger partial charge in [-0.05, 0) is 30.3 Å². The third-order valence-corrected chi connectivity index (χ3v) is 3.26. The van der Waals surface area contributed by atoms with Crippen molar-refractivity contribution in [3.05, 3.63) is 59.9 Å². The Bertz CT molecular complexity index is 819. The van der Waals surface area contributed by atoms with Crippen molar-refractivity contribution in [1.82, 2.24) is 0 Å². The van der Waals surface area contributed by atoms with Crippen LogP contribution in [0.2, 0.25) is 0 Å². The Kier molecular flexibility index (Phi) is 3.70. The zero-order chi connectivity index (χ0) is 15.5. The lowest BCUT2D eigenvalue weighted by Crippen LogP contribution is -1.96. The van der Waals surface area contributed by atoms with Gasteiger partial charge in [0.25, 0.3) is 0 Å². The summed E-state index contributed by atoms with van der Waals surface area (Å²) in [6.45, 7) is 0.234. The average molecular weight is 298 g/mol. The van der Waals surface area contributed by atoms with Gasteiger partial charge in [-0.3, -0.25) is 0 Å². The number of aromatic carboxylic acids is 1. The molecule has 0 aliphatic carbocycles. The van der Waals surface area contributed by atoms with Crippen LogP contribution in [-0.2, 0) is 6.61 Å². The predicted octanol–water partition coefficient (Wildman–Crippen LogP) is 3.72. The van der Waals surface area contributed by atoms with Gasteiger partial charge in [0.15, 0.2) is 11.5 Å². The standard InChI is InChI=1S/C17H14O5/c1-20-14-4-2-3-5-15(14)21-10-13-8-11-6-7-12(17(18)19)9-16(11)22-13/h2-9H,10H2,1H3,(H,18,19). The summed E-state index contributed by atoms with van der Waals surface area (Å²) in [5.74, 6) is 0.900. The van der Waals surface area contributed by atoms with Crippen molar-refractivity contribution in [2.24, 2.45) is 0 Å². The minimum atomic E-state index is -0.981. The van der Waals surface area contributed by atoms with E-state index in [0.717, 1.165) is 5.39 Å². The Morgan fingerprint density at radius 3 is 2.64 bits per heavy atom. The number of ether oxygens (including phenoxy) is 2. The van der Waals surface area contributed by atoms with E-state index in [0.29, 0.717) is 22.8 Å². The quantitative estimate of drug-likeness (QED) is 0.777. The van der Waals surface area contributed by atoms with Gasteiger partial charge >= 0.3 is 5.97 Å². The van der Waals surface area contributed by atoms with Gasteiger partial charge in [0.2, 0.25) is 0 Å². The number of carboxylic acid groups (broad SMARTS) is 1. The van der Waals surface area contributed by atoms with E-state index in [1.54, 1.807) is 19.2 Å². The van der Waals surface area contributed by atoms with Crippen LogP contribution in [0.4, 0.5) is 0 Å². The maximum atomic E-state index is 11.0. The first-order valence-corrected chi connectivity index (χ1v) is 6.69. The number of carboxylic acids is 1. The average Bonchev–Trinajstić information content (AvgIpc) is 2.95. The molecule has 0 atom stereocenters. The zero-order valence-electron chi connectivity index (χ0n) is 11.9. The molecule has 0 fully saturated rings. The van der Waals surface area contributed by atoms with Crippen molar-refractivity contribution in [2.45, 2.75) is 6.61 Å². The first-order chi connectivity index (χ1) is 10.7. The molecule has 1 N–H and O–H groups in total. The van der Waals surface area contributed by atoms with E-state index in [2.05, 4.69) is 0 Å². The number of hydrogen-bond acceptors (Lipinski definition) is 4. The fourth-order valence-corrected chi connectivity index (χ4v) is 2.18. The largest absolute Gasteiger partial charge is 0.493 e. The van der Waals surface area contributed by atoms with Crippen LogP contribution in [0, 0.1) is 0 Å². The van der Waals surface area contributed by atoms with E-state index in [4.69, 9.17) is 19.0 Å². The second-order valence-electron chi connectivity index (χ2n) is 4.71. The second kappa shape index (κ2) is 5.81. The van der Waals surface area contributed by atoms with Gasteiger partial charge in [0.05, 0.1) is 12.7 Å². The van der Waals surface area contributed by atoms with E-state index in [1.165, 1.54) is 6.07 Å². The number of hydrogen-bond donors (Lipinski definition) is 1. The predicted molar refractivity (Wildman–Crippen MR) is 80.5 cm³/mol. The van der Waals surface area contributed by atoms with Crippen LogP contribution in [0.3, 0.4) is 0 Å². The van der Waals surface area contributed by atoms with Gasteiger partial charge in [-0.1, -0.05) is 18.2 Å². The van der Waals surface area contributed by atoms with Crippen LogP contribution in [0.25, 0.3) is 11.0 Å². The molecule has 0 saturated heterocycles. The summed E-state index contributed by atoms with van der Waals surface area (Å²) in [5, 5.41) is 9.82. The van der Waals surface area contributed by atoms with Crippen LogP contribution in [-0.4, -0.2) is 18.2 Å². The summed E-state index contributed by atoms with van der Waals surface area (Å²) in [6, 6.07) is 13.9. The van der Waals surface area contributed by atoms with Gasteiger partial charge in [-0.2, -0.15) is 0 Å². The van der Waals surface area contributed by atoms with Gasteiger partial charge < -0.3 is 19.0 Å². The molecule has 0 aliphatic rings. The second-order valence-corrected chi connectivity index (χ2v) is 4.71. The Morgan fingerprint density at radius 1 is 1.14 bits per heavy atom. The molecule has 2 aromatic carbocycles. The molecule has 0 saturated carbocycles. The molecular weight excluding hydrogens is 284 g/mol. The molecular formula is C17H14O5. The van der Waals surface area contributed by atoms with Gasteiger partial charge in [0.1, 0.15) is 18.0 Å². The van der Waals surface area contributed by atoms with Crippen LogP contribution in [0.15, 0.2) is 52.9 Å². The maximum Gasteiger partial charge on any atom is 0.335 e. The van der Waals surface area contributed by atoms with E-state index >= 15 is 0 Å². The van der Waals surface area contributed by atoms with E-state index in [1.807, 2.05) is 30.3 Å². The molecule has 3 aromatic rings. The summed E-state index contributed by atoms with van der Waals surface area (Å²) in [4.78, 5) is 11.0. The third-order valence-electron chi connectivity index (χ3n) is 3.26. The molecule has 0 aliphatic heterocycles. The summed E-state index contributed by atoms with van der Waals surface area (Å²) in [6.07, 6.45) is 0. The number of furan rings is 1. The van der Waals surface area contributed by atoms with Crippen LogP contribution in [0.1, 0.15) is 16.1 Å². The third kappa shape index (κ3) is 2.74. The van der Waals surface area contributed by atoms with Crippen molar-refractivity contribution in [3.8, 4) is 11.5 Å². The smallest absolute Gasteiger partial charge is 0.335 e. The molecule has 0 amide bonds. The lowest BCUT2D eigenvalue weighted by atomic mass is 10.2. The Labute approximate surface area is 126 Å². The fourth-order valence-electron chi connectivity index (χ4n) is 2.18. The number of carbonyl (C=O) groups is 1. The first kappa shape index (κ1) is 14.0. The lowest BCUT2D eigenvalue weighted by Gasteiger charge is -2.08. The highest BCUT2D eigenvalue weighted by Crippen LogP contribution is 2.28. The van der Waals surface area contributed by atoms with E-state index in [9.17, 15) is 4.79 Å². The Balaban J connectivity index is 1.81. The van der Waals surface area contributed by atoms with Crippen molar-refractivity contribution in [2.75, 3.05) is 7.11 Å². The monoisotopic (exact) mass is 298 g/mol. The van der Waals surface area contributed by atoms with E-state index < -0.39 is 5.97 Å². The Morgan fingerprint density at radius 2 is 1.91 bits per heavy atom. The Hall–Kier alpha value is -2.95. The minimum Gasteiger partial charge on any atom is -0.493 e. The first-order valence-electron chi connectivity index (χ1n) is 6.69. The van der Waals surface area contributed by atoms with E-state index in [-0.39, 0.29) is 12.2 Å². The summed E-state index contributed by atoms with van der Waals surface area (Å²) < 4.78 is 16.5. The molecule has 1 heterocycles. The number of methoxy groups -OCH3 is 1. The number of fused-ring (bicyclic) bond motifs is 1. The van der Waals surface area contributed by atoms with Crippen molar-refractivity contribution < 1.29 is 23.8 Å². The van der Waals surface area contributed by atoms with Crippen LogP contribution in [0.5, 0.6) is 11.5 Å². The molecule has 3 rings (SSSR count). The minimum absolute atomic E-state index is 0.194. The molecule has 0 radical (unpaired) electrons. The van der Waals surface area contributed by atoms with Gasteiger partial charge in [-0.15, -0.1) is 0 Å².